The normalized spacial score (nSPS) is 13.0. The zero-order valence-corrected chi connectivity index (χ0v) is 31.0. The molecule has 1 heterocycles. The second-order valence-corrected chi connectivity index (χ2v) is 10.3. The Labute approximate surface area is 304 Å². The summed E-state index contributed by atoms with van der Waals surface area (Å²) in [7, 11) is 5.35. The van der Waals surface area contributed by atoms with Crippen molar-refractivity contribution in [3.63, 3.8) is 0 Å². The van der Waals surface area contributed by atoms with Crippen molar-refractivity contribution in [2.75, 3.05) is 35.0 Å². The molecule has 0 aliphatic carbocycles. The van der Waals surface area contributed by atoms with Crippen molar-refractivity contribution in [2.24, 2.45) is 4.99 Å². The summed E-state index contributed by atoms with van der Waals surface area (Å²) < 4.78 is 15.4. The number of hydroxylamine groups is 2. The number of aryl methyl sites for hydroxylation is 2. The van der Waals surface area contributed by atoms with E-state index in [1.54, 1.807) is 27.0 Å². The lowest BCUT2D eigenvalue weighted by atomic mass is 10.1. The number of aliphatic hydroxyl groups is 1. The number of hydrogen-bond acceptors (Lipinski definition) is 13. The average molecular weight is 822 g/mol. The summed E-state index contributed by atoms with van der Waals surface area (Å²) in [6.07, 6.45) is -0.128. The van der Waals surface area contributed by atoms with Crippen LogP contribution in [-0.2, 0) is 43.0 Å². The fourth-order valence-electron chi connectivity index (χ4n) is 3.25. The van der Waals surface area contributed by atoms with Crippen LogP contribution in [0.4, 0.5) is 0 Å². The van der Waals surface area contributed by atoms with Crippen LogP contribution in [0.15, 0.2) is 50.3 Å². The van der Waals surface area contributed by atoms with E-state index in [1.165, 1.54) is 26.4 Å². The van der Waals surface area contributed by atoms with E-state index < -0.39 is 23.6 Å². The molecule has 48 heavy (non-hydrogen) atoms. The largest absolute Gasteiger partial charge is 0.469 e. The molecule has 0 bridgehead atoms. The first kappa shape index (κ1) is 50.8. The Morgan fingerprint density at radius 2 is 1.48 bits per heavy atom. The quantitative estimate of drug-likeness (QED) is 0.187. The van der Waals surface area contributed by atoms with Crippen molar-refractivity contribution < 1.29 is 48.1 Å². The maximum atomic E-state index is 12.1. The first-order valence-corrected chi connectivity index (χ1v) is 14.5. The predicted molar refractivity (Wildman–Crippen MR) is 186 cm³/mol. The van der Waals surface area contributed by atoms with Gasteiger partial charge in [0.1, 0.15) is 6.42 Å². The number of nitrogens with zero attached hydrogens (tertiary/aromatic N) is 3. The number of halogens is 3. The summed E-state index contributed by atoms with van der Waals surface area (Å²) in [6, 6.07) is 13.4. The number of nitriles is 1. The molecule has 13 nitrogen and oxygen atoms in total. The van der Waals surface area contributed by atoms with Gasteiger partial charge in [0.15, 0.2) is 5.84 Å². The highest BCUT2D eigenvalue weighted by atomic mass is 79.9. The monoisotopic (exact) mass is 819 g/mol. The van der Waals surface area contributed by atoms with Gasteiger partial charge in [-0.1, -0.05) is 45.2 Å². The van der Waals surface area contributed by atoms with Crippen molar-refractivity contribution in [3.8, 4) is 17.9 Å². The maximum absolute atomic E-state index is 12.1. The minimum atomic E-state index is -1.78. The molecule has 1 N–H and O–H groups in total. The molecule has 0 radical (unpaired) electrons. The van der Waals surface area contributed by atoms with E-state index in [2.05, 4.69) is 64.2 Å². The van der Waals surface area contributed by atoms with Gasteiger partial charge in [-0.3, -0.25) is 4.79 Å². The zero-order chi connectivity index (χ0) is 35.9. The number of carbonyl (C=O) groups excluding carboxylic acids is 5. The van der Waals surface area contributed by atoms with Crippen molar-refractivity contribution in [2.45, 2.75) is 47.3 Å². The zero-order valence-electron chi connectivity index (χ0n) is 27.0. The van der Waals surface area contributed by atoms with Gasteiger partial charge < -0.3 is 19.3 Å². The molecule has 0 fully saturated rings. The molecule has 1 aliphatic heterocycles. The van der Waals surface area contributed by atoms with E-state index in [0.29, 0.717) is 11.4 Å². The third kappa shape index (κ3) is 19.6. The molecule has 3 rings (SSSR count). The number of hydrogen-bond donors (Lipinski definition) is 1. The van der Waals surface area contributed by atoms with Gasteiger partial charge >= 0.3 is 24.1 Å². The van der Waals surface area contributed by atoms with Crippen LogP contribution in [0.5, 0.6) is 0 Å². The Morgan fingerprint density at radius 3 is 1.85 bits per heavy atom. The van der Waals surface area contributed by atoms with Gasteiger partial charge in [-0.2, -0.15) is 14.9 Å². The SMILES string of the molecule is C.CC#CC(=O)OC.CCO.COC(=O)CC1(C(=O)OC)N=C(c2cc(C)cc(Br)c2)N(C)O1.Cc1cc(Br)cc(C#N)c1.Cl.O=C=O. The van der Waals surface area contributed by atoms with E-state index in [-0.39, 0.29) is 39.0 Å². The molecule has 264 valence electrons. The number of aliphatic imine (C=N–C) groups is 1. The van der Waals surface area contributed by atoms with Crippen molar-refractivity contribution in [1.29, 1.82) is 5.26 Å². The minimum Gasteiger partial charge on any atom is -0.469 e. The van der Waals surface area contributed by atoms with Gasteiger partial charge in [-0.25, -0.2) is 24.5 Å². The molecule has 0 saturated heterocycles. The molecule has 2 aromatic rings. The highest BCUT2D eigenvalue weighted by molar-refractivity contribution is 9.10. The Kier molecular flexibility index (Phi) is 29.6. The Morgan fingerprint density at radius 1 is 0.979 bits per heavy atom. The van der Waals surface area contributed by atoms with Crippen LogP contribution in [0, 0.1) is 37.0 Å². The Hall–Kier alpha value is -4.08. The lowest BCUT2D eigenvalue weighted by Crippen LogP contribution is -2.42. The molecule has 16 heteroatoms. The van der Waals surface area contributed by atoms with E-state index in [0.717, 1.165) is 25.6 Å². The number of amidine groups is 1. The lowest BCUT2D eigenvalue weighted by molar-refractivity contribution is -0.205. The van der Waals surface area contributed by atoms with Crippen LogP contribution < -0.4 is 0 Å². The number of ether oxygens (including phenoxy) is 3. The molecular weight excluding hydrogens is 782 g/mol. The first-order valence-electron chi connectivity index (χ1n) is 12.9. The van der Waals surface area contributed by atoms with E-state index in [1.807, 2.05) is 44.2 Å². The maximum Gasteiger partial charge on any atom is 0.384 e. The second kappa shape index (κ2) is 28.0. The highest BCUT2D eigenvalue weighted by Gasteiger charge is 2.50. The summed E-state index contributed by atoms with van der Waals surface area (Å²) in [5.74, 6) is 3.12. The fourth-order valence-corrected chi connectivity index (χ4v) is 4.47. The van der Waals surface area contributed by atoms with Crippen LogP contribution in [0.3, 0.4) is 0 Å². The second-order valence-electron chi connectivity index (χ2n) is 8.47. The van der Waals surface area contributed by atoms with Crippen molar-refractivity contribution in [3.05, 3.63) is 67.6 Å². The van der Waals surface area contributed by atoms with Crippen LogP contribution >= 0.6 is 44.3 Å². The third-order valence-electron chi connectivity index (χ3n) is 4.87. The molecule has 1 aliphatic rings. The third-order valence-corrected chi connectivity index (χ3v) is 5.79. The Balaban J connectivity index is -0.000000321. The van der Waals surface area contributed by atoms with E-state index in [4.69, 9.17) is 29.5 Å². The molecular formula is C32H40Br2ClN3O10. The highest BCUT2D eigenvalue weighted by Crippen LogP contribution is 2.31. The number of rotatable bonds is 4. The van der Waals surface area contributed by atoms with Crippen molar-refractivity contribution in [1.82, 2.24) is 5.06 Å². The number of benzene rings is 2. The summed E-state index contributed by atoms with van der Waals surface area (Å²) >= 11 is 6.73. The van der Waals surface area contributed by atoms with Gasteiger partial charge in [-0.15, -0.1) is 12.4 Å². The van der Waals surface area contributed by atoms with Gasteiger partial charge in [0.2, 0.25) is 0 Å². The molecule has 0 amide bonds. The van der Waals surface area contributed by atoms with Gasteiger partial charge in [0.25, 0.3) is 5.72 Å². The lowest BCUT2D eigenvalue weighted by Gasteiger charge is -2.22. The average Bonchev–Trinajstić information content (AvgIpc) is 3.33. The number of aliphatic hydroxyl groups excluding tert-OH is 1. The van der Waals surface area contributed by atoms with E-state index in [9.17, 15) is 14.4 Å². The number of methoxy groups -OCH3 is 3. The molecule has 0 aromatic heterocycles. The predicted octanol–water partition coefficient (Wildman–Crippen LogP) is 5.10. The standard InChI is InChI=1S/C15H17BrN2O5.C8H6BrN.C5H6O2.C2H6O.CO2.CH4.ClH/c1-9-5-10(7-11(16)6-9)13-17-15(14(20)22-4,23-18(13)2)8-12(19)21-3;1-6-2-7(5-10)4-8(9)3-6;1-3-4-5(6)7-2;1-2-3;2-1-3;;/h5-7H,8H2,1-4H3;2-4H,1H3;1-2H3;3H,2H2,1H3;;1H4;1H. The van der Waals surface area contributed by atoms with Crippen LogP contribution in [0.1, 0.15) is 49.9 Å². The molecule has 1 unspecified atom stereocenters. The van der Waals surface area contributed by atoms with Crippen LogP contribution in [0.25, 0.3) is 0 Å². The molecule has 1 atom stereocenters. The number of esters is 3. The van der Waals surface area contributed by atoms with Crippen LogP contribution in [-0.4, -0.2) is 80.8 Å². The summed E-state index contributed by atoms with van der Waals surface area (Å²) in [5, 5.41) is 17.4. The summed E-state index contributed by atoms with van der Waals surface area (Å²) in [5.41, 5.74) is 1.78. The minimum absolute atomic E-state index is 0. The smallest absolute Gasteiger partial charge is 0.384 e. The van der Waals surface area contributed by atoms with Crippen molar-refractivity contribution >= 4 is 74.2 Å². The van der Waals surface area contributed by atoms with Gasteiger partial charge in [-0.05, 0) is 75.2 Å². The molecule has 2 aromatic carbocycles. The Bertz CT molecular complexity index is 1460. The molecule has 0 saturated carbocycles. The fraction of sp³-hybridized carbons (Fsp3) is 0.375. The topological polar surface area (TPSA) is 182 Å². The van der Waals surface area contributed by atoms with E-state index >= 15 is 0 Å². The first-order chi connectivity index (χ1) is 21.7. The molecule has 0 spiro atoms. The summed E-state index contributed by atoms with van der Waals surface area (Å²) in [6.45, 7) is 7.41. The van der Waals surface area contributed by atoms with Gasteiger partial charge in [0.05, 0.1) is 33.0 Å². The number of carbonyl (C=O) groups is 3. The van der Waals surface area contributed by atoms with Gasteiger partial charge in [0, 0.05) is 34.1 Å². The van der Waals surface area contributed by atoms with Crippen LogP contribution in [0.2, 0.25) is 0 Å². The summed E-state index contributed by atoms with van der Waals surface area (Å²) in [4.78, 5) is 60.0.